The number of hydrogen-bond acceptors (Lipinski definition) is 2. The summed E-state index contributed by atoms with van der Waals surface area (Å²) in [6.45, 7) is 8.99. The molecule has 0 rings (SSSR count). The van der Waals surface area contributed by atoms with Crippen molar-refractivity contribution < 1.29 is 0 Å². The molecule has 0 fully saturated rings. The fraction of sp³-hybridized carbons (Fsp3) is 0.889. The average molecular weight is 205 g/mol. The van der Waals surface area contributed by atoms with Crippen LogP contribution in [-0.2, 0) is 0 Å². The van der Waals surface area contributed by atoms with Crippen molar-refractivity contribution in [1.82, 2.24) is 0 Å². The summed E-state index contributed by atoms with van der Waals surface area (Å²) in [5.41, 5.74) is 0. The van der Waals surface area contributed by atoms with Gasteiger partial charge in [-0.3, -0.25) is 0 Å². The van der Waals surface area contributed by atoms with E-state index in [2.05, 4.69) is 33.1 Å². The second-order valence-corrected chi connectivity index (χ2v) is 13.6. The van der Waals surface area contributed by atoms with Gasteiger partial charge in [-0.15, -0.1) is 0 Å². The van der Waals surface area contributed by atoms with Gasteiger partial charge in [-0.1, -0.05) is 0 Å². The second kappa shape index (κ2) is 4.49. The van der Waals surface area contributed by atoms with E-state index in [1.165, 1.54) is 24.6 Å². The number of nitriles is 1. The molecule has 0 spiro atoms. The molecule has 0 saturated carbocycles. The number of nitrogens with zero attached hydrogens (tertiary/aromatic N) is 1. The van der Waals surface area contributed by atoms with E-state index in [0.717, 1.165) is 0 Å². The van der Waals surface area contributed by atoms with Gasteiger partial charge < -0.3 is 0 Å². The van der Waals surface area contributed by atoms with Gasteiger partial charge >= 0.3 is 80.2 Å². The van der Waals surface area contributed by atoms with Gasteiger partial charge in [0.2, 0.25) is 0 Å². The molecular weight excluding hydrogens is 185 g/mol. The zero-order valence-electron chi connectivity index (χ0n) is 8.63. The Labute approximate surface area is 80.6 Å². The minimum atomic E-state index is -1.65. The molecule has 0 aromatic rings. The molecule has 0 aromatic carbocycles. The van der Waals surface area contributed by atoms with Gasteiger partial charge in [0, 0.05) is 0 Å². The van der Waals surface area contributed by atoms with Gasteiger partial charge in [-0.25, -0.2) is 0 Å². The van der Waals surface area contributed by atoms with E-state index >= 15 is 0 Å². The zero-order valence-corrected chi connectivity index (χ0v) is 10.3. The maximum absolute atomic E-state index is 8.84. The van der Waals surface area contributed by atoms with Crippen molar-refractivity contribution >= 4 is 17.2 Å². The summed E-state index contributed by atoms with van der Waals surface area (Å²) in [6, 6.07) is 0. The van der Waals surface area contributed by atoms with Crippen molar-refractivity contribution in [2.75, 3.05) is 24.6 Å². The molecule has 12 heavy (non-hydrogen) atoms. The van der Waals surface area contributed by atoms with E-state index in [9.17, 15) is 0 Å². The van der Waals surface area contributed by atoms with Crippen LogP contribution in [0.5, 0.6) is 0 Å². The van der Waals surface area contributed by atoms with Gasteiger partial charge in [0.15, 0.2) is 0 Å². The van der Waals surface area contributed by atoms with E-state index in [-0.39, 0.29) is 0 Å². The molecule has 0 amide bonds. The Morgan fingerprint density at radius 3 is 1.42 bits per heavy atom. The summed E-state index contributed by atoms with van der Waals surface area (Å²) in [4.78, 5) is 0. The molecule has 0 bridgehead atoms. The first-order chi connectivity index (χ1) is 5.62. The Kier molecular flexibility index (Phi) is 4.59. The van der Waals surface area contributed by atoms with Gasteiger partial charge in [0.25, 0.3) is 0 Å². The van der Waals surface area contributed by atoms with Crippen LogP contribution in [-0.4, -0.2) is 24.6 Å². The van der Waals surface area contributed by atoms with Crippen LogP contribution in [0.15, 0.2) is 0 Å². The second-order valence-electron chi connectivity index (χ2n) is 3.31. The summed E-state index contributed by atoms with van der Waals surface area (Å²) in [5, 5.41) is 11.2. The van der Waals surface area contributed by atoms with Crippen molar-refractivity contribution in [1.29, 1.82) is 5.26 Å². The number of thiocyanates is 1. The summed E-state index contributed by atoms with van der Waals surface area (Å²) >= 11 is 1.61. The van der Waals surface area contributed by atoms with Gasteiger partial charge in [-0.2, -0.15) is 0 Å². The molecule has 0 aromatic heterocycles. The minimum absolute atomic E-state index is 1.22. The molecule has 0 N–H and O–H groups in total. The third kappa shape index (κ3) is 1.95. The first-order valence-corrected chi connectivity index (χ1v) is 9.10. The molecule has 0 radical (unpaired) electrons. The van der Waals surface area contributed by atoms with Crippen molar-refractivity contribution in [3.05, 3.63) is 0 Å². The molecule has 0 aliphatic heterocycles. The SMILES string of the molecule is CCP(CC)(CC)(CC)SC#N. The van der Waals surface area contributed by atoms with Gasteiger partial charge in [0.05, 0.1) is 0 Å². The van der Waals surface area contributed by atoms with Crippen LogP contribution in [0.2, 0.25) is 0 Å². The number of rotatable bonds is 5. The van der Waals surface area contributed by atoms with Crippen LogP contribution in [0.25, 0.3) is 0 Å². The fourth-order valence-electron chi connectivity index (χ4n) is 1.72. The zero-order chi connectivity index (χ0) is 9.69. The predicted octanol–water partition coefficient (Wildman–Crippen LogP) is 3.75. The number of hydrogen-bond donors (Lipinski definition) is 0. The Morgan fingerprint density at radius 2 is 1.33 bits per heavy atom. The molecule has 0 aliphatic carbocycles. The summed E-state index contributed by atoms with van der Waals surface area (Å²) in [6.07, 6.45) is 4.86. The standard InChI is InChI=1S/C9H20NPS/c1-5-11(6-2,7-3,8-4)12-9-10/h5-8H2,1-4H3. The van der Waals surface area contributed by atoms with Crippen LogP contribution in [0.3, 0.4) is 0 Å². The van der Waals surface area contributed by atoms with Crippen molar-refractivity contribution in [3.63, 3.8) is 0 Å². The third-order valence-corrected chi connectivity index (χ3v) is 15.4. The van der Waals surface area contributed by atoms with Gasteiger partial charge in [-0.05, 0) is 0 Å². The molecule has 0 unspecified atom stereocenters. The first kappa shape index (κ1) is 12.3. The van der Waals surface area contributed by atoms with E-state index in [4.69, 9.17) is 5.26 Å². The van der Waals surface area contributed by atoms with E-state index in [0.29, 0.717) is 0 Å². The van der Waals surface area contributed by atoms with Crippen molar-refractivity contribution in [3.8, 4) is 5.40 Å². The Hall–Kier alpha value is 0.270. The Morgan fingerprint density at radius 1 is 1.00 bits per heavy atom. The van der Waals surface area contributed by atoms with Crippen LogP contribution in [0.4, 0.5) is 0 Å². The van der Waals surface area contributed by atoms with Crippen LogP contribution < -0.4 is 0 Å². The third-order valence-electron chi connectivity index (χ3n) is 3.50. The van der Waals surface area contributed by atoms with Gasteiger partial charge in [0.1, 0.15) is 0 Å². The molecule has 3 heteroatoms. The molecule has 72 valence electrons. The summed E-state index contributed by atoms with van der Waals surface area (Å²) in [5.74, 6) is -1.65. The molecule has 0 saturated heterocycles. The van der Waals surface area contributed by atoms with E-state index < -0.39 is 5.81 Å². The molecular formula is C9H20NPS. The molecule has 0 atom stereocenters. The van der Waals surface area contributed by atoms with Crippen molar-refractivity contribution in [2.24, 2.45) is 0 Å². The summed E-state index contributed by atoms with van der Waals surface area (Å²) in [7, 11) is 0. The normalized spacial score (nSPS) is 14.8. The van der Waals surface area contributed by atoms with Crippen LogP contribution >= 0.6 is 17.2 Å². The Bertz CT molecular complexity index is 158. The maximum atomic E-state index is 8.84. The monoisotopic (exact) mass is 205 g/mol. The average Bonchev–Trinajstić information content (AvgIpc) is 2.16. The van der Waals surface area contributed by atoms with E-state index in [1.54, 1.807) is 11.4 Å². The molecule has 0 heterocycles. The predicted molar refractivity (Wildman–Crippen MR) is 62.3 cm³/mol. The van der Waals surface area contributed by atoms with Crippen LogP contribution in [0, 0.1) is 10.7 Å². The quantitative estimate of drug-likeness (QED) is 0.504. The molecule has 0 aliphatic rings. The first-order valence-electron chi connectivity index (χ1n) is 4.70. The summed E-state index contributed by atoms with van der Waals surface area (Å²) < 4.78 is 0. The molecule has 1 nitrogen and oxygen atoms in total. The Balaban J connectivity index is 4.86. The van der Waals surface area contributed by atoms with Crippen LogP contribution in [0.1, 0.15) is 27.7 Å². The fourth-order valence-corrected chi connectivity index (χ4v) is 7.39. The van der Waals surface area contributed by atoms with Crippen molar-refractivity contribution in [2.45, 2.75) is 27.7 Å². The topological polar surface area (TPSA) is 23.8 Å². The van der Waals surface area contributed by atoms with E-state index in [1.807, 2.05) is 0 Å².